The maximum Gasteiger partial charge on any atom is 0.218 e. The van der Waals surface area contributed by atoms with E-state index in [9.17, 15) is 4.57 Å². The second kappa shape index (κ2) is 7.74. The van der Waals surface area contributed by atoms with Gasteiger partial charge in [0.05, 0.1) is 0 Å². The van der Waals surface area contributed by atoms with E-state index in [-0.39, 0.29) is 0 Å². The van der Waals surface area contributed by atoms with E-state index in [1.54, 1.807) is 24.3 Å². The Morgan fingerprint density at radius 3 is 2.07 bits per heavy atom. The second-order valence-electron chi connectivity index (χ2n) is 3.06. The van der Waals surface area contributed by atoms with Crippen molar-refractivity contribution >= 4 is 13.3 Å². The van der Waals surface area contributed by atoms with Crippen molar-refractivity contribution in [2.24, 2.45) is 5.73 Å². The Bertz CT molecular complexity index is 262. The zero-order valence-corrected chi connectivity index (χ0v) is 9.60. The van der Waals surface area contributed by atoms with Crippen LogP contribution in [-0.4, -0.2) is 10.9 Å². The summed E-state index contributed by atoms with van der Waals surface area (Å²) in [5.74, 6) is 0. The minimum absolute atomic E-state index is 0.384. The minimum atomic E-state index is -2.46. The molecule has 3 N–H and O–H groups in total. The molecule has 1 aromatic rings. The number of rotatable bonds is 2. The van der Waals surface area contributed by atoms with Crippen molar-refractivity contribution in [3.05, 3.63) is 30.3 Å². The summed E-state index contributed by atoms with van der Waals surface area (Å²) in [6.07, 6.45) is 1.08. The molecule has 2 unspecified atom stereocenters. The predicted molar refractivity (Wildman–Crippen MR) is 61.2 cm³/mol. The van der Waals surface area contributed by atoms with Crippen molar-refractivity contribution in [2.75, 3.05) is 0 Å². The third kappa shape index (κ3) is 6.84. The highest BCUT2D eigenvalue weighted by atomic mass is 31.1. The van der Waals surface area contributed by atoms with E-state index in [0.717, 1.165) is 6.42 Å². The standard InChI is InChI=1S/C6H7O2P.C4H11N/c7-9(8)6-4-2-1-3-5-6;1-3-4(2)5/h1-5,9H,(H,7,8);4H,3,5H2,1-2H3. The Balaban J connectivity index is 0.000000292. The third-order valence-corrected chi connectivity index (χ3v) is 2.49. The maximum absolute atomic E-state index is 10.4. The van der Waals surface area contributed by atoms with Gasteiger partial charge in [-0.15, -0.1) is 0 Å². The van der Waals surface area contributed by atoms with Crippen LogP contribution in [0.15, 0.2) is 30.3 Å². The van der Waals surface area contributed by atoms with Gasteiger partial charge in [-0.05, 0) is 25.5 Å². The van der Waals surface area contributed by atoms with Crippen LogP contribution in [0.4, 0.5) is 0 Å². The van der Waals surface area contributed by atoms with E-state index in [1.807, 2.05) is 13.0 Å². The molecule has 80 valence electrons. The van der Waals surface area contributed by atoms with Gasteiger partial charge in [0, 0.05) is 11.3 Å². The summed E-state index contributed by atoms with van der Waals surface area (Å²) in [6.45, 7) is 4.07. The summed E-state index contributed by atoms with van der Waals surface area (Å²) in [5, 5.41) is 0.516. The fraction of sp³-hybridized carbons (Fsp3) is 0.400. The van der Waals surface area contributed by atoms with Crippen molar-refractivity contribution in [1.29, 1.82) is 0 Å². The van der Waals surface area contributed by atoms with E-state index in [0.29, 0.717) is 11.3 Å². The van der Waals surface area contributed by atoms with Crippen LogP contribution < -0.4 is 11.0 Å². The highest BCUT2D eigenvalue weighted by Gasteiger charge is 1.92. The van der Waals surface area contributed by atoms with Gasteiger partial charge in [-0.2, -0.15) is 0 Å². The lowest BCUT2D eigenvalue weighted by molar-refractivity contribution is 0.513. The van der Waals surface area contributed by atoms with Crippen LogP contribution in [0.3, 0.4) is 0 Å². The lowest BCUT2D eigenvalue weighted by Gasteiger charge is -1.91. The third-order valence-electron chi connectivity index (χ3n) is 1.66. The van der Waals surface area contributed by atoms with Gasteiger partial charge in [0.1, 0.15) is 0 Å². The van der Waals surface area contributed by atoms with E-state index in [4.69, 9.17) is 10.6 Å². The zero-order valence-electron chi connectivity index (χ0n) is 8.60. The summed E-state index contributed by atoms with van der Waals surface area (Å²) in [6, 6.07) is 8.97. The van der Waals surface area contributed by atoms with Gasteiger partial charge in [-0.3, -0.25) is 4.57 Å². The molecule has 0 spiro atoms. The normalized spacial score (nSPS) is 13.7. The molecule has 1 rings (SSSR count). The maximum atomic E-state index is 10.4. The van der Waals surface area contributed by atoms with Gasteiger partial charge < -0.3 is 10.6 Å². The van der Waals surface area contributed by atoms with Crippen molar-refractivity contribution in [3.63, 3.8) is 0 Å². The first-order valence-electron chi connectivity index (χ1n) is 4.61. The number of hydrogen-bond donors (Lipinski definition) is 2. The summed E-state index contributed by atoms with van der Waals surface area (Å²) < 4.78 is 10.4. The smallest absolute Gasteiger partial charge is 0.218 e. The minimum Gasteiger partial charge on any atom is -0.343 e. The van der Waals surface area contributed by atoms with Gasteiger partial charge in [0.15, 0.2) is 0 Å². The van der Waals surface area contributed by atoms with Gasteiger partial charge >= 0.3 is 0 Å². The molecule has 0 aliphatic carbocycles. The molecule has 0 heterocycles. The summed E-state index contributed by atoms with van der Waals surface area (Å²) in [5.41, 5.74) is 5.29. The first-order chi connectivity index (χ1) is 6.57. The van der Waals surface area contributed by atoms with Gasteiger partial charge in [-0.1, -0.05) is 25.1 Å². The number of benzene rings is 1. The molecule has 0 bridgehead atoms. The fourth-order valence-electron chi connectivity index (χ4n) is 0.581. The van der Waals surface area contributed by atoms with Crippen LogP contribution in [0, 0.1) is 0 Å². The van der Waals surface area contributed by atoms with Gasteiger partial charge in [0.25, 0.3) is 0 Å². The quantitative estimate of drug-likeness (QED) is 0.735. The molecule has 0 saturated carbocycles. The van der Waals surface area contributed by atoms with Crippen LogP contribution in [0.25, 0.3) is 0 Å². The summed E-state index contributed by atoms with van der Waals surface area (Å²) >= 11 is 0. The molecule has 0 aliphatic rings. The summed E-state index contributed by atoms with van der Waals surface area (Å²) in [7, 11) is -2.46. The SMILES string of the molecule is CCC(C)N.O=[PH](O)c1ccccc1. The Kier molecular flexibility index (Phi) is 7.40. The monoisotopic (exact) mass is 215 g/mol. The van der Waals surface area contributed by atoms with E-state index >= 15 is 0 Å². The zero-order chi connectivity index (χ0) is 11.0. The van der Waals surface area contributed by atoms with E-state index in [2.05, 4.69) is 6.92 Å². The molecule has 1 aromatic carbocycles. The molecule has 0 radical (unpaired) electrons. The van der Waals surface area contributed by atoms with Crippen molar-refractivity contribution in [2.45, 2.75) is 26.3 Å². The van der Waals surface area contributed by atoms with E-state index in [1.165, 1.54) is 0 Å². The van der Waals surface area contributed by atoms with Crippen molar-refractivity contribution in [3.8, 4) is 0 Å². The average molecular weight is 215 g/mol. The van der Waals surface area contributed by atoms with Crippen LogP contribution in [0.5, 0.6) is 0 Å². The molecule has 4 heteroatoms. The number of nitrogens with two attached hydrogens (primary N) is 1. The Morgan fingerprint density at radius 2 is 1.86 bits per heavy atom. The lowest BCUT2D eigenvalue weighted by atomic mass is 10.3. The van der Waals surface area contributed by atoms with Gasteiger partial charge in [-0.25, -0.2) is 0 Å². The van der Waals surface area contributed by atoms with Crippen LogP contribution >= 0.6 is 8.03 Å². The average Bonchev–Trinajstić information content (AvgIpc) is 2.20. The topological polar surface area (TPSA) is 63.3 Å². The van der Waals surface area contributed by atoms with E-state index < -0.39 is 8.03 Å². The number of hydrogen-bond acceptors (Lipinski definition) is 2. The highest BCUT2D eigenvalue weighted by Crippen LogP contribution is 2.10. The lowest BCUT2D eigenvalue weighted by Crippen LogP contribution is -2.11. The molecule has 0 fully saturated rings. The molecule has 3 nitrogen and oxygen atoms in total. The van der Waals surface area contributed by atoms with Crippen LogP contribution in [0.1, 0.15) is 20.3 Å². The molecule has 0 saturated heterocycles. The summed E-state index contributed by atoms with van der Waals surface area (Å²) in [4.78, 5) is 8.57. The molecule has 14 heavy (non-hydrogen) atoms. The Labute approximate surface area is 85.8 Å². The highest BCUT2D eigenvalue weighted by molar-refractivity contribution is 7.47. The fourth-order valence-corrected chi connectivity index (χ4v) is 1.06. The molecular formula is C10H18NO2P. The predicted octanol–water partition coefficient (Wildman–Crippen LogP) is 1.52. The van der Waals surface area contributed by atoms with Crippen LogP contribution in [-0.2, 0) is 4.57 Å². The first kappa shape index (κ1) is 13.4. The Morgan fingerprint density at radius 1 is 1.43 bits per heavy atom. The first-order valence-corrected chi connectivity index (χ1v) is 5.97. The van der Waals surface area contributed by atoms with Crippen molar-refractivity contribution in [1.82, 2.24) is 0 Å². The molecule has 2 atom stereocenters. The Hall–Kier alpha value is -0.630. The molecule has 0 aliphatic heterocycles. The molecular weight excluding hydrogens is 197 g/mol. The van der Waals surface area contributed by atoms with Crippen LogP contribution in [0.2, 0.25) is 0 Å². The van der Waals surface area contributed by atoms with Crippen molar-refractivity contribution < 1.29 is 9.46 Å². The molecule has 0 aromatic heterocycles. The second-order valence-corrected chi connectivity index (χ2v) is 4.24. The largest absolute Gasteiger partial charge is 0.343 e. The van der Waals surface area contributed by atoms with Gasteiger partial charge in [0.2, 0.25) is 8.03 Å². The molecule has 0 amide bonds.